The number of benzene rings is 2. The minimum absolute atomic E-state index is 0.0547. The van der Waals surface area contributed by atoms with E-state index in [0.29, 0.717) is 29.7 Å². The van der Waals surface area contributed by atoms with Crippen molar-refractivity contribution in [3.05, 3.63) is 82.1 Å². The van der Waals surface area contributed by atoms with Crippen molar-refractivity contribution in [1.29, 1.82) is 0 Å². The van der Waals surface area contributed by atoms with E-state index in [9.17, 15) is 32.9 Å². The third kappa shape index (κ3) is 4.25. The van der Waals surface area contributed by atoms with Crippen molar-refractivity contribution in [3.8, 4) is 16.8 Å². The number of nitro groups is 1. The van der Waals surface area contributed by atoms with Crippen LogP contribution in [0, 0.1) is 10.1 Å². The van der Waals surface area contributed by atoms with Crippen LogP contribution in [0.2, 0.25) is 0 Å². The number of hydrogen-bond donors (Lipinski definition) is 2. The van der Waals surface area contributed by atoms with Crippen LogP contribution >= 0.6 is 0 Å². The highest BCUT2D eigenvalue weighted by Gasteiger charge is 2.34. The fraction of sp³-hybridized carbons (Fsp3) is 0.136. The van der Waals surface area contributed by atoms with Crippen LogP contribution in [0.5, 0.6) is 0 Å². The standard InChI is InChI=1S/C22H16F3N5O4/c1-2-19(31)27-18-10-14(4-6-17(18)22(23,24)25)29-11-16(20(28-29)30(33)34)12-3-5-15-13(9-12)7-8-26-21(15)32/h2-6,9-11H,1,7-8H2,(H,26,32)(H,27,31). The number of anilines is 1. The molecule has 1 aromatic heterocycles. The van der Waals surface area contributed by atoms with Gasteiger partial charge in [0.2, 0.25) is 5.91 Å². The molecule has 2 N–H and O–H groups in total. The molecule has 0 fully saturated rings. The molecule has 0 saturated carbocycles. The molecule has 12 heteroatoms. The van der Waals surface area contributed by atoms with Gasteiger partial charge < -0.3 is 20.7 Å². The first-order chi connectivity index (χ1) is 16.1. The van der Waals surface area contributed by atoms with Gasteiger partial charge in [-0.3, -0.25) is 9.59 Å². The van der Waals surface area contributed by atoms with Gasteiger partial charge in [0.15, 0.2) is 0 Å². The molecule has 1 aliphatic heterocycles. The van der Waals surface area contributed by atoms with Crippen molar-refractivity contribution in [3.63, 3.8) is 0 Å². The molecule has 0 spiro atoms. The van der Waals surface area contributed by atoms with Gasteiger partial charge in [-0.15, -0.1) is 4.68 Å². The zero-order valence-corrected chi connectivity index (χ0v) is 17.3. The van der Waals surface area contributed by atoms with Crippen LogP contribution in [0.25, 0.3) is 16.8 Å². The molecule has 2 heterocycles. The second-order valence-corrected chi connectivity index (χ2v) is 7.37. The fourth-order valence-electron chi connectivity index (χ4n) is 3.64. The molecule has 0 aliphatic carbocycles. The van der Waals surface area contributed by atoms with E-state index in [1.165, 1.54) is 6.20 Å². The van der Waals surface area contributed by atoms with Gasteiger partial charge in [-0.05, 0) is 58.9 Å². The van der Waals surface area contributed by atoms with E-state index >= 15 is 0 Å². The number of carbonyl (C=O) groups is 2. The van der Waals surface area contributed by atoms with Crippen LogP contribution in [0.15, 0.2) is 55.3 Å². The van der Waals surface area contributed by atoms with Crippen LogP contribution in [0.4, 0.5) is 24.7 Å². The molecule has 2 aromatic carbocycles. The Kier molecular flexibility index (Phi) is 5.65. The monoisotopic (exact) mass is 471 g/mol. The Balaban J connectivity index is 1.81. The average Bonchev–Trinajstić information content (AvgIpc) is 3.24. The largest absolute Gasteiger partial charge is 0.418 e. The number of rotatable bonds is 5. The first-order valence-corrected chi connectivity index (χ1v) is 9.89. The third-order valence-electron chi connectivity index (χ3n) is 5.22. The molecule has 0 radical (unpaired) electrons. The number of alkyl halides is 3. The fourth-order valence-corrected chi connectivity index (χ4v) is 3.64. The summed E-state index contributed by atoms with van der Waals surface area (Å²) in [6, 6.07) is 7.61. The van der Waals surface area contributed by atoms with Gasteiger partial charge in [0.05, 0.1) is 28.2 Å². The molecule has 0 bridgehead atoms. The van der Waals surface area contributed by atoms with E-state index in [0.717, 1.165) is 29.0 Å². The maximum Gasteiger partial charge on any atom is 0.418 e. The summed E-state index contributed by atoms with van der Waals surface area (Å²) >= 11 is 0. The molecule has 0 atom stereocenters. The summed E-state index contributed by atoms with van der Waals surface area (Å²) in [6.45, 7) is 3.65. The average molecular weight is 471 g/mol. The molecule has 2 amide bonds. The first kappa shape index (κ1) is 22.7. The summed E-state index contributed by atoms with van der Waals surface area (Å²) in [5.74, 6) is -1.61. The Morgan fingerprint density at radius 1 is 1.24 bits per heavy atom. The minimum Gasteiger partial charge on any atom is -0.358 e. The number of aromatic nitrogens is 2. The van der Waals surface area contributed by atoms with Gasteiger partial charge in [0.25, 0.3) is 5.91 Å². The maximum absolute atomic E-state index is 13.4. The summed E-state index contributed by atoms with van der Waals surface area (Å²) in [5.41, 5.74) is 0.145. The number of hydrogen-bond acceptors (Lipinski definition) is 5. The summed E-state index contributed by atoms with van der Waals surface area (Å²) < 4.78 is 41.2. The van der Waals surface area contributed by atoms with E-state index in [1.54, 1.807) is 18.2 Å². The van der Waals surface area contributed by atoms with E-state index in [-0.39, 0.29) is 17.2 Å². The second kappa shape index (κ2) is 8.46. The molecular weight excluding hydrogens is 455 g/mol. The normalized spacial score (nSPS) is 13.1. The Morgan fingerprint density at radius 2 is 2.00 bits per heavy atom. The zero-order chi connectivity index (χ0) is 24.6. The Hall–Kier alpha value is -4.48. The Labute approximate surface area is 190 Å². The maximum atomic E-state index is 13.4. The summed E-state index contributed by atoms with van der Waals surface area (Å²) in [5, 5.41) is 20.4. The van der Waals surface area contributed by atoms with Crippen molar-refractivity contribution in [2.45, 2.75) is 12.6 Å². The first-order valence-electron chi connectivity index (χ1n) is 9.89. The second-order valence-electron chi connectivity index (χ2n) is 7.37. The highest BCUT2D eigenvalue weighted by molar-refractivity contribution is 5.99. The quantitative estimate of drug-likeness (QED) is 0.333. The van der Waals surface area contributed by atoms with Crippen molar-refractivity contribution >= 4 is 23.3 Å². The number of fused-ring (bicyclic) bond motifs is 1. The smallest absolute Gasteiger partial charge is 0.358 e. The number of amides is 2. The van der Waals surface area contributed by atoms with Gasteiger partial charge in [-0.2, -0.15) is 13.2 Å². The number of nitrogens with zero attached hydrogens (tertiary/aromatic N) is 3. The molecule has 0 saturated heterocycles. The lowest BCUT2D eigenvalue weighted by Crippen LogP contribution is -2.31. The number of nitrogens with one attached hydrogen (secondary N) is 2. The predicted molar refractivity (Wildman–Crippen MR) is 116 cm³/mol. The lowest BCUT2D eigenvalue weighted by molar-refractivity contribution is -0.389. The van der Waals surface area contributed by atoms with Gasteiger partial charge in [0, 0.05) is 12.1 Å². The molecule has 34 heavy (non-hydrogen) atoms. The lowest BCUT2D eigenvalue weighted by Gasteiger charge is -2.16. The molecule has 3 aromatic rings. The summed E-state index contributed by atoms with van der Waals surface area (Å²) in [6.07, 6.45) is -2.08. The highest BCUT2D eigenvalue weighted by Crippen LogP contribution is 2.37. The lowest BCUT2D eigenvalue weighted by atomic mass is 9.96. The molecular formula is C22H16F3N5O4. The molecule has 9 nitrogen and oxygen atoms in total. The van der Waals surface area contributed by atoms with Crippen LogP contribution in [-0.4, -0.2) is 33.1 Å². The van der Waals surface area contributed by atoms with Crippen molar-refractivity contribution < 1.29 is 27.7 Å². The molecule has 4 rings (SSSR count). The van der Waals surface area contributed by atoms with E-state index in [2.05, 4.69) is 22.3 Å². The van der Waals surface area contributed by atoms with E-state index in [1.807, 2.05) is 0 Å². The van der Waals surface area contributed by atoms with Gasteiger partial charge in [-0.25, -0.2) is 0 Å². The third-order valence-corrected chi connectivity index (χ3v) is 5.22. The van der Waals surface area contributed by atoms with Crippen molar-refractivity contribution in [2.24, 2.45) is 0 Å². The highest BCUT2D eigenvalue weighted by atomic mass is 19.4. The summed E-state index contributed by atoms with van der Waals surface area (Å²) in [7, 11) is 0. The Morgan fingerprint density at radius 3 is 2.68 bits per heavy atom. The van der Waals surface area contributed by atoms with E-state index < -0.39 is 34.1 Å². The number of halogens is 3. The van der Waals surface area contributed by atoms with Gasteiger partial charge in [0.1, 0.15) is 5.56 Å². The zero-order valence-electron chi connectivity index (χ0n) is 17.3. The topological polar surface area (TPSA) is 119 Å². The van der Waals surface area contributed by atoms with Crippen molar-refractivity contribution in [1.82, 2.24) is 15.1 Å². The van der Waals surface area contributed by atoms with Crippen LogP contribution < -0.4 is 10.6 Å². The predicted octanol–water partition coefficient (Wildman–Crippen LogP) is 3.88. The number of carbonyl (C=O) groups excluding carboxylic acids is 2. The SMILES string of the molecule is C=CC(=O)Nc1cc(-n2cc(-c3ccc4c(c3)CCNC4=O)c([N+](=O)[O-])n2)ccc1C(F)(F)F. The van der Waals surface area contributed by atoms with Gasteiger partial charge in [-0.1, -0.05) is 12.6 Å². The summed E-state index contributed by atoms with van der Waals surface area (Å²) in [4.78, 5) is 34.6. The van der Waals surface area contributed by atoms with Gasteiger partial charge >= 0.3 is 12.0 Å². The Bertz CT molecular complexity index is 1350. The minimum atomic E-state index is -4.75. The van der Waals surface area contributed by atoms with Crippen LogP contribution in [-0.2, 0) is 17.4 Å². The van der Waals surface area contributed by atoms with Crippen molar-refractivity contribution in [2.75, 3.05) is 11.9 Å². The van der Waals surface area contributed by atoms with E-state index in [4.69, 9.17) is 0 Å². The molecule has 1 aliphatic rings. The molecule has 174 valence electrons. The molecule has 0 unspecified atom stereocenters. The van der Waals surface area contributed by atoms with Crippen LogP contribution in [0.1, 0.15) is 21.5 Å². The van der Waals surface area contributed by atoms with Crippen LogP contribution in [0.3, 0.4) is 0 Å².